The van der Waals surface area contributed by atoms with E-state index in [9.17, 15) is 9.59 Å². The summed E-state index contributed by atoms with van der Waals surface area (Å²) in [4.78, 5) is 30.6. The van der Waals surface area contributed by atoms with Crippen LogP contribution in [0.15, 0.2) is 63.0 Å². The number of hydrogen-bond donors (Lipinski definition) is 1. The normalized spacial score (nSPS) is 13.4. The predicted molar refractivity (Wildman–Crippen MR) is 127 cm³/mol. The number of aromatic nitrogens is 2. The van der Waals surface area contributed by atoms with E-state index in [1.54, 1.807) is 10.6 Å². The Bertz CT molecular complexity index is 1100. The zero-order valence-electron chi connectivity index (χ0n) is 17.6. The summed E-state index contributed by atoms with van der Waals surface area (Å²) in [6.45, 7) is 8.11. The first-order chi connectivity index (χ1) is 14.3. The van der Waals surface area contributed by atoms with E-state index in [1.165, 1.54) is 11.8 Å². The first-order valence-electron chi connectivity index (χ1n) is 9.97. The average molecular weight is 488 g/mol. The highest BCUT2D eigenvalue weighted by Crippen LogP contribution is 2.26. The fourth-order valence-corrected chi connectivity index (χ4v) is 4.31. The Morgan fingerprint density at radius 2 is 1.83 bits per heavy atom. The van der Waals surface area contributed by atoms with Crippen molar-refractivity contribution in [3.05, 3.63) is 68.9 Å². The van der Waals surface area contributed by atoms with Gasteiger partial charge in [0.25, 0.3) is 5.56 Å². The molecule has 0 aliphatic rings. The molecule has 0 saturated heterocycles. The molecule has 0 bridgehead atoms. The molecular weight excluding hydrogens is 462 g/mol. The van der Waals surface area contributed by atoms with Crippen molar-refractivity contribution in [2.45, 2.75) is 44.9 Å². The Morgan fingerprint density at radius 1 is 1.13 bits per heavy atom. The maximum Gasteiger partial charge on any atom is 0.262 e. The summed E-state index contributed by atoms with van der Waals surface area (Å²) in [5.41, 5.74) is 1.52. The monoisotopic (exact) mass is 487 g/mol. The van der Waals surface area contributed by atoms with Gasteiger partial charge in [-0.15, -0.1) is 0 Å². The van der Waals surface area contributed by atoms with Crippen molar-refractivity contribution in [1.29, 1.82) is 0 Å². The molecule has 30 heavy (non-hydrogen) atoms. The standard InChI is InChI=1S/C23H26BrN3O2S/c1-14(2)15(3)25-21(28)13-30-23-26-20-11-10-18(24)12-19(20)22(29)27(23)16(4)17-8-6-5-7-9-17/h5-12,14-16H,13H2,1-4H3,(H,25,28). The SMILES string of the molecule is CC(C)C(C)NC(=O)CSc1nc2ccc(Br)cc2c(=O)n1C(C)c1ccccc1. The number of benzene rings is 2. The number of carbonyl (C=O) groups excluding carboxylic acids is 1. The highest BCUT2D eigenvalue weighted by atomic mass is 79.9. The molecule has 0 fully saturated rings. The van der Waals surface area contributed by atoms with Crippen LogP contribution in [-0.4, -0.2) is 27.3 Å². The first-order valence-corrected chi connectivity index (χ1v) is 11.7. The number of rotatable bonds is 7. The van der Waals surface area contributed by atoms with Crippen molar-refractivity contribution in [1.82, 2.24) is 14.9 Å². The molecule has 3 rings (SSSR count). The van der Waals surface area contributed by atoms with Gasteiger partial charge in [0.15, 0.2) is 5.16 Å². The third-order valence-electron chi connectivity index (χ3n) is 5.22. The predicted octanol–water partition coefficient (Wildman–Crippen LogP) is 5.02. The Hall–Kier alpha value is -2.12. The molecule has 1 amide bonds. The van der Waals surface area contributed by atoms with Crippen LogP contribution in [0.4, 0.5) is 0 Å². The van der Waals surface area contributed by atoms with Gasteiger partial charge in [-0.05, 0) is 43.5 Å². The van der Waals surface area contributed by atoms with Gasteiger partial charge in [-0.1, -0.05) is 71.9 Å². The Kier molecular flexibility index (Phi) is 7.36. The number of nitrogens with one attached hydrogen (secondary N) is 1. The summed E-state index contributed by atoms with van der Waals surface area (Å²) in [5, 5.41) is 4.10. The van der Waals surface area contributed by atoms with Crippen LogP contribution in [-0.2, 0) is 4.79 Å². The summed E-state index contributed by atoms with van der Waals surface area (Å²) in [7, 11) is 0. The van der Waals surface area contributed by atoms with Crippen LogP contribution in [0.1, 0.15) is 39.3 Å². The molecule has 3 aromatic rings. The average Bonchev–Trinajstić information content (AvgIpc) is 2.73. The van der Waals surface area contributed by atoms with E-state index >= 15 is 0 Å². The fourth-order valence-electron chi connectivity index (χ4n) is 3.07. The summed E-state index contributed by atoms with van der Waals surface area (Å²) < 4.78 is 2.52. The maximum atomic E-state index is 13.4. The van der Waals surface area contributed by atoms with Crippen LogP contribution in [0.2, 0.25) is 0 Å². The van der Waals surface area contributed by atoms with Crippen LogP contribution >= 0.6 is 27.7 Å². The zero-order chi connectivity index (χ0) is 21.8. The smallest absolute Gasteiger partial charge is 0.262 e. The molecule has 2 unspecified atom stereocenters. The maximum absolute atomic E-state index is 13.4. The second kappa shape index (κ2) is 9.79. The van der Waals surface area contributed by atoms with Gasteiger partial charge in [0.1, 0.15) is 0 Å². The van der Waals surface area contributed by atoms with Crippen molar-refractivity contribution in [2.24, 2.45) is 5.92 Å². The van der Waals surface area contributed by atoms with Gasteiger partial charge in [0, 0.05) is 10.5 Å². The molecule has 2 aromatic carbocycles. The number of amides is 1. The van der Waals surface area contributed by atoms with E-state index in [0.717, 1.165) is 10.0 Å². The topological polar surface area (TPSA) is 64.0 Å². The van der Waals surface area contributed by atoms with Crippen molar-refractivity contribution in [3.8, 4) is 0 Å². The Labute approximate surface area is 189 Å². The molecule has 158 valence electrons. The zero-order valence-corrected chi connectivity index (χ0v) is 20.0. The molecule has 0 aliphatic carbocycles. The number of hydrogen-bond acceptors (Lipinski definition) is 4. The number of carbonyl (C=O) groups is 1. The summed E-state index contributed by atoms with van der Waals surface area (Å²) in [5.74, 6) is 0.491. The van der Waals surface area contributed by atoms with Crippen molar-refractivity contribution < 1.29 is 4.79 Å². The number of thioether (sulfide) groups is 1. The van der Waals surface area contributed by atoms with Gasteiger partial charge >= 0.3 is 0 Å². The third-order valence-corrected chi connectivity index (χ3v) is 6.67. The largest absolute Gasteiger partial charge is 0.353 e. The summed E-state index contributed by atoms with van der Waals surface area (Å²) >= 11 is 4.73. The molecule has 0 aliphatic heterocycles. The molecule has 1 aromatic heterocycles. The van der Waals surface area contributed by atoms with E-state index in [1.807, 2.05) is 56.3 Å². The van der Waals surface area contributed by atoms with Crippen LogP contribution in [0.3, 0.4) is 0 Å². The van der Waals surface area contributed by atoms with Gasteiger partial charge in [-0.2, -0.15) is 0 Å². The van der Waals surface area contributed by atoms with Crippen LogP contribution in [0.25, 0.3) is 10.9 Å². The van der Waals surface area contributed by atoms with E-state index in [2.05, 4.69) is 35.1 Å². The number of fused-ring (bicyclic) bond motifs is 1. The minimum atomic E-state index is -0.213. The minimum Gasteiger partial charge on any atom is -0.353 e. The molecule has 7 heteroatoms. The van der Waals surface area contributed by atoms with E-state index in [0.29, 0.717) is 22.0 Å². The number of nitrogens with zero attached hydrogens (tertiary/aromatic N) is 2. The molecule has 2 atom stereocenters. The van der Waals surface area contributed by atoms with Gasteiger partial charge in [-0.3, -0.25) is 14.2 Å². The second-order valence-electron chi connectivity index (χ2n) is 7.71. The van der Waals surface area contributed by atoms with Gasteiger partial charge in [0.2, 0.25) is 5.91 Å². The highest BCUT2D eigenvalue weighted by molar-refractivity contribution is 9.10. The van der Waals surface area contributed by atoms with Crippen LogP contribution in [0.5, 0.6) is 0 Å². The van der Waals surface area contributed by atoms with Crippen molar-refractivity contribution in [2.75, 3.05) is 5.75 Å². The Balaban J connectivity index is 2.00. The summed E-state index contributed by atoms with van der Waals surface area (Å²) in [6, 6.07) is 15.2. The fraction of sp³-hybridized carbons (Fsp3) is 0.348. The second-order valence-corrected chi connectivity index (χ2v) is 9.56. The van der Waals surface area contributed by atoms with E-state index in [4.69, 9.17) is 4.98 Å². The van der Waals surface area contributed by atoms with E-state index < -0.39 is 0 Å². The molecule has 0 radical (unpaired) electrons. The lowest BCUT2D eigenvalue weighted by atomic mass is 10.1. The molecule has 1 heterocycles. The molecule has 5 nitrogen and oxygen atoms in total. The summed E-state index contributed by atoms with van der Waals surface area (Å²) in [6.07, 6.45) is 0. The quantitative estimate of drug-likeness (QED) is 0.375. The minimum absolute atomic E-state index is 0.0646. The molecule has 0 saturated carbocycles. The van der Waals surface area contributed by atoms with Gasteiger partial charge in [-0.25, -0.2) is 4.98 Å². The number of halogens is 1. The van der Waals surface area contributed by atoms with E-state index in [-0.39, 0.29) is 29.3 Å². The van der Waals surface area contributed by atoms with Crippen molar-refractivity contribution >= 4 is 44.5 Å². The van der Waals surface area contributed by atoms with Gasteiger partial charge < -0.3 is 5.32 Å². The first kappa shape index (κ1) is 22.6. The molecule has 0 spiro atoms. The van der Waals surface area contributed by atoms with Crippen LogP contribution < -0.4 is 10.9 Å². The molecule has 1 N–H and O–H groups in total. The van der Waals surface area contributed by atoms with Gasteiger partial charge in [0.05, 0.1) is 22.7 Å². The molecular formula is C23H26BrN3O2S. The lowest BCUT2D eigenvalue weighted by molar-refractivity contribution is -0.119. The van der Waals surface area contributed by atoms with Crippen molar-refractivity contribution in [3.63, 3.8) is 0 Å². The highest BCUT2D eigenvalue weighted by Gasteiger charge is 2.19. The Morgan fingerprint density at radius 3 is 2.50 bits per heavy atom. The lowest BCUT2D eigenvalue weighted by Gasteiger charge is -2.21. The third kappa shape index (κ3) is 5.13. The van der Waals surface area contributed by atoms with Crippen LogP contribution in [0, 0.1) is 5.92 Å². The lowest BCUT2D eigenvalue weighted by Crippen LogP contribution is -2.37.